The van der Waals surface area contributed by atoms with Crippen LogP contribution in [0.5, 0.6) is 0 Å². The van der Waals surface area contributed by atoms with Crippen LogP contribution in [0.2, 0.25) is 0 Å². The second-order valence-electron chi connectivity index (χ2n) is 4.48. The van der Waals surface area contributed by atoms with Crippen molar-refractivity contribution in [3.63, 3.8) is 0 Å². The van der Waals surface area contributed by atoms with Crippen molar-refractivity contribution >= 4 is 23.6 Å². The number of rotatable bonds is 4. The maximum atomic E-state index is 11.8. The van der Waals surface area contributed by atoms with E-state index in [9.17, 15) is 9.59 Å². The molecule has 2 saturated heterocycles. The summed E-state index contributed by atoms with van der Waals surface area (Å²) in [5, 5.41) is 8.51. The smallest absolute Gasteiger partial charge is 0.239 e. The van der Waals surface area contributed by atoms with Crippen molar-refractivity contribution in [1.29, 1.82) is 0 Å². The van der Waals surface area contributed by atoms with Gasteiger partial charge in [0.2, 0.25) is 11.8 Å². The molecule has 2 aliphatic rings. The quantitative estimate of drug-likeness (QED) is 0.565. The van der Waals surface area contributed by atoms with Crippen LogP contribution >= 0.6 is 11.8 Å². The van der Waals surface area contributed by atoms with Gasteiger partial charge in [-0.15, -0.1) is 0 Å². The molecule has 2 heterocycles. The van der Waals surface area contributed by atoms with Gasteiger partial charge in [0.05, 0.1) is 6.54 Å². The number of hydrogen-bond donors (Lipinski definition) is 3. The highest BCUT2D eigenvalue weighted by atomic mass is 32.2. The third-order valence-corrected chi connectivity index (χ3v) is 4.10. The highest BCUT2D eigenvalue weighted by Crippen LogP contribution is 2.07. The highest BCUT2D eigenvalue weighted by Gasteiger charge is 2.23. The fourth-order valence-corrected chi connectivity index (χ4v) is 3.02. The molecule has 0 aromatic carbocycles. The fraction of sp³-hybridized carbons (Fsp3) is 0.818. The lowest BCUT2D eigenvalue weighted by Crippen LogP contribution is -2.58. The first-order valence-corrected chi connectivity index (χ1v) is 7.49. The summed E-state index contributed by atoms with van der Waals surface area (Å²) in [4.78, 5) is 25.1. The number of piperazine rings is 1. The van der Waals surface area contributed by atoms with Crippen LogP contribution in [0, 0.1) is 0 Å². The molecule has 18 heavy (non-hydrogen) atoms. The zero-order valence-electron chi connectivity index (χ0n) is 10.4. The van der Waals surface area contributed by atoms with Gasteiger partial charge in [-0.05, 0) is 0 Å². The van der Waals surface area contributed by atoms with E-state index in [1.54, 1.807) is 0 Å². The molecule has 0 aliphatic carbocycles. The predicted molar refractivity (Wildman–Crippen MR) is 71.6 cm³/mol. The summed E-state index contributed by atoms with van der Waals surface area (Å²) in [6.07, 6.45) is 0. The van der Waals surface area contributed by atoms with Crippen molar-refractivity contribution in [2.75, 3.05) is 50.8 Å². The zero-order valence-corrected chi connectivity index (χ0v) is 11.2. The number of carbonyl (C=O) groups is 2. The van der Waals surface area contributed by atoms with E-state index in [1.165, 1.54) is 11.5 Å². The largest absolute Gasteiger partial charge is 0.353 e. The number of amides is 2. The van der Waals surface area contributed by atoms with Gasteiger partial charge in [-0.2, -0.15) is 11.8 Å². The first kappa shape index (κ1) is 13.6. The summed E-state index contributed by atoms with van der Waals surface area (Å²) in [6.45, 7) is 4.41. The molecule has 0 aromatic heterocycles. The Kier molecular flexibility index (Phi) is 5.27. The van der Waals surface area contributed by atoms with Crippen LogP contribution in [0.1, 0.15) is 0 Å². The molecule has 6 nitrogen and oxygen atoms in total. The molecule has 2 aliphatic heterocycles. The normalized spacial score (nSPS) is 25.6. The van der Waals surface area contributed by atoms with E-state index in [1.807, 2.05) is 11.8 Å². The number of thioether (sulfide) groups is 1. The van der Waals surface area contributed by atoms with Crippen molar-refractivity contribution in [3.8, 4) is 0 Å². The minimum absolute atomic E-state index is 0.0265. The lowest BCUT2D eigenvalue weighted by molar-refractivity contribution is -0.126. The molecule has 2 rings (SSSR count). The van der Waals surface area contributed by atoms with Crippen molar-refractivity contribution < 1.29 is 9.59 Å². The molecule has 2 amide bonds. The Morgan fingerprint density at radius 1 is 1.44 bits per heavy atom. The van der Waals surface area contributed by atoms with Gasteiger partial charge in [0.1, 0.15) is 6.04 Å². The zero-order chi connectivity index (χ0) is 12.8. The highest BCUT2D eigenvalue weighted by molar-refractivity contribution is 7.99. The van der Waals surface area contributed by atoms with E-state index in [0.29, 0.717) is 13.1 Å². The van der Waals surface area contributed by atoms with Crippen LogP contribution in [0.3, 0.4) is 0 Å². The molecule has 0 aromatic rings. The molecule has 0 radical (unpaired) electrons. The first-order valence-electron chi connectivity index (χ1n) is 6.33. The molecule has 0 spiro atoms. The van der Waals surface area contributed by atoms with Crippen LogP contribution in [0.4, 0.5) is 0 Å². The second-order valence-corrected chi connectivity index (χ2v) is 5.71. The number of nitrogens with zero attached hydrogens (tertiary/aromatic N) is 1. The van der Waals surface area contributed by atoms with Crippen LogP contribution in [0.15, 0.2) is 0 Å². The fourth-order valence-electron chi connectivity index (χ4n) is 2.04. The maximum absolute atomic E-state index is 11.8. The Balaban J connectivity index is 1.60. The summed E-state index contributed by atoms with van der Waals surface area (Å²) < 4.78 is 0. The minimum Gasteiger partial charge on any atom is -0.353 e. The summed E-state index contributed by atoms with van der Waals surface area (Å²) in [7, 11) is 0. The Morgan fingerprint density at radius 2 is 2.22 bits per heavy atom. The van der Waals surface area contributed by atoms with Crippen LogP contribution < -0.4 is 16.0 Å². The minimum atomic E-state index is -0.292. The van der Waals surface area contributed by atoms with Gasteiger partial charge < -0.3 is 10.6 Å². The predicted octanol–water partition coefficient (Wildman–Crippen LogP) is -1.76. The molecule has 0 bridgehead atoms. The van der Waals surface area contributed by atoms with Gasteiger partial charge in [-0.3, -0.25) is 19.8 Å². The van der Waals surface area contributed by atoms with Crippen LogP contribution in [0.25, 0.3) is 0 Å². The standard InChI is InChI=1S/C11H20N4O2S/c16-10-8-13-9(7-14-10)11(17)12-1-2-15-3-5-18-6-4-15/h9,13H,1-8H2,(H,12,17)(H,14,16). The van der Waals surface area contributed by atoms with Crippen molar-refractivity contribution in [2.24, 2.45) is 0 Å². The van der Waals surface area contributed by atoms with E-state index < -0.39 is 0 Å². The van der Waals surface area contributed by atoms with Crippen molar-refractivity contribution in [2.45, 2.75) is 6.04 Å². The number of nitrogens with one attached hydrogen (secondary N) is 3. The maximum Gasteiger partial charge on any atom is 0.239 e. The summed E-state index contributed by atoms with van der Waals surface area (Å²) in [5.41, 5.74) is 0. The van der Waals surface area contributed by atoms with Gasteiger partial charge >= 0.3 is 0 Å². The molecule has 7 heteroatoms. The van der Waals surface area contributed by atoms with E-state index in [2.05, 4.69) is 20.9 Å². The lowest BCUT2D eigenvalue weighted by Gasteiger charge is -2.27. The first-order chi connectivity index (χ1) is 8.75. The Labute approximate surface area is 111 Å². The SMILES string of the molecule is O=C1CNC(C(=O)NCCN2CCSCC2)CN1. The van der Waals surface area contributed by atoms with Gasteiger partial charge in [-0.25, -0.2) is 0 Å². The van der Waals surface area contributed by atoms with Crippen molar-refractivity contribution in [1.82, 2.24) is 20.9 Å². The molecule has 102 valence electrons. The summed E-state index contributed by atoms with van der Waals surface area (Å²) >= 11 is 1.98. The molecular weight excluding hydrogens is 252 g/mol. The molecule has 1 unspecified atom stereocenters. The Morgan fingerprint density at radius 3 is 2.89 bits per heavy atom. The third-order valence-electron chi connectivity index (χ3n) is 3.16. The van der Waals surface area contributed by atoms with E-state index in [-0.39, 0.29) is 24.4 Å². The molecule has 2 fully saturated rings. The topological polar surface area (TPSA) is 73.5 Å². The van der Waals surface area contributed by atoms with Crippen molar-refractivity contribution in [3.05, 3.63) is 0 Å². The van der Waals surface area contributed by atoms with Gasteiger partial charge in [-0.1, -0.05) is 0 Å². The summed E-state index contributed by atoms with van der Waals surface area (Å²) in [5.74, 6) is 2.29. The molecule has 0 saturated carbocycles. The Bertz CT molecular complexity index is 297. The second kappa shape index (κ2) is 6.96. The van der Waals surface area contributed by atoms with Gasteiger partial charge in [0.25, 0.3) is 0 Å². The molecular formula is C11H20N4O2S. The van der Waals surface area contributed by atoms with E-state index >= 15 is 0 Å². The monoisotopic (exact) mass is 272 g/mol. The average Bonchev–Trinajstić information content (AvgIpc) is 2.40. The van der Waals surface area contributed by atoms with Gasteiger partial charge in [0.15, 0.2) is 0 Å². The van der Waals surface area contributed by atoms with Gasteiger partial charge in [0, 0.05) is 44.2 Å². The van der Waals surface area contributed by atoms with Crippen LogP contribution in [-0.4, -0.2) is 73.5 Å². The lowest BCUT2D eigenvalue weighted by atomic mass is 10.2. The van der Waals surface area contributed by atoms with E-state index in [4.69, 9.17) is 0 Å². The third kappa shape index (κ3) is 4.15. The number of hydrogen-bond acceptors (Lipinski definition) is 5. The number of carbonyl (C=O) groups excluding carboxylic acids is 2. The average molecular weight is 272 g/mol. The summed E-state index contributed by atoms with van der Waals surface area (Å²) in [6, 6.07) is -0.292. The van der Waals surface area contributed by atoms with Crippen LogP contribution in [-0.2, 0) is 9.59 Å². The molecule has 1 atom stereocenters. The van der Waals surface area contributed by atoms with E-state index in [0.717, 1.165) is 19.6 Å². The molecule has 3 N–H and O–H groups in total. The Hall–Kier alpha value is -0.790.